The van der Waals surface area contributed by atoms with Crippen LogP contribution in [-0.2, 0) is 4.79 Å². The number of carbonyl (C=O) groups is 1. The van der Waals surface area contributed by atoms with Gasteiger partial charge in [0.25, 0.3) is 0 Å². The van der Waals surface area contributed by atoms with Crippen molar-refractivity contribution in [3.8, 4) is 5.75 Å². The van der Waals surface area contributed by atoms with Crippen LogP contribution in [0.1, 0.15) is 36.1 Å². The van der Waals surface area contributed by atoms with Crippen LogP contribution in [-0.4, -0.2) is 24.7 Å². The van der Waals surface area contributed by atoms with E-state index in [9.17, 15) is 9.90 Å². The van der Waals surface area contributed by atoms with Gasteiger partial charge in [-0.1, -0.05) is 6.92 Å². The minimum atomic E-state index is -0.690. The SMILES string of the molecule is CCC(=O)NCC(O)c1cc(C)c(OC)cc1C. The van der Waals surface area contributed by atoms with Gasteiger partial charge in [-0.25, -0.2) is 0 Å². The maximum atomic E-state index is 11.2. The zero-order valence-electron chi connectivity index (χ0n) is 11.4. The van der Waals surface area contributed by atoms with Gasteiger partial charge in [0, 0.05) is 13.0 Å². The van der Waals surface area contributed by atoms with E-state index in [4.69, 9.17) is 4.74 Å². The molecule has 0 spiro atoms. The van der Waals surface area contributed by atoms with Crippen LogP contribution < -0.4 is 10.1 Å². The summed E-state index contributed by atoms with van der Waals surface area (Å²) in [5, 5.41) is 12.8. The number of rotatable bonds is 5. The van der Waals surface area contributed by atoms with E-state index in [1.54, 1.807) is 14.0 Å². The zero-order valence-corrected chi connectivity index (χ0v) is 11.4. The molecule has 0 aliphatic heterocycles. The third kappa shape index (κ3) is 3.47. The normalized spacial score (nSPS) is 12.1. The predicted octanol–water partition coefficient (Wildman–Crippen LogP) is 1.87. The summed E-state index contributed by atoms with van der Waals surface area (Å²) in [6.07, 6.45) is -0.266. The highest BCUT2D eigenvalue weighted by Crippen LogP contribution is 2.26. The van der Waals surface area contributed by atoms with Gasteiger partial charge in [0.1, 0.15) is 5.75 Å². The molecule has 1 aromatic carbocycles. The fourth-order valence-corrected chi connectivity index (χ4v) is 1.84. The summed E-state index contributed by atoms with van der Waals surface area (Å²) in [5.41, 5.74) is 2.75. The number of amides is 1. The van der Waals surface area contributed by atoms with Crippen LogP contribution in [0.5, 0.6) is 5.75 Å². The maximum Gasteiger partial charge on any atom is 0.219 e. The minimum absolute atomic E-state index is 0.0584. The van der Waals surface area contributed by atoms with Crippen molar-refractivity contribution in [2.75, 3.05) is 13.7 Å². The number of ether oxygens (including phenoxy) is 1. The molecule has 18 heavy (non-hydrogen) atoms. The number of nitrogens with one attached hydrogen (secondary N) is 1. The van der Waals surface area contributed by atoms with E-state index >= 15 is 0 Å². The Bertz CT molecular complexity index is 429. The van der Waals surface area contributed by atoms with Crippen molar-refractivity contribution in [1.82, 2.24) is 5.32 Å². The van der Waals surface area contributed by atoms with Crippen LogP contribution in [0.2, 0.25) is 0 Å². The van der Waals surface area contributed by atoms with Crippen LogP contribution in [0.15, 0.2) is 12.1 Å². The Kier molecular flexibility index (Phi) is 5.16. The van der Waals surface area contributed by atoms with E-state index in [2.05, 4.69) is 5.32 Å². The average Bonchev–Trinajstić information content (AvgIpc) is 2.37. The molecular formula is C14H21NO3. The maximum absolute atomic E-state index is 11.2. The van der Waals surface area contributed by atoms with E-state index in [0.717, 1.165) is 22.4 Å². The number of hydrogen-bond donors (Lipinski definition) is 2. The zero-order chi connectivity index (χ0) is 13.7. The Morgan fingerprint density at radius 2 is 2.06 bits per heavy atom. The second-order valence-corrected chi connectivity index (χ2v) is 4.35. The van der Waals surface area contributed by atoms with Crippen molar-refractivity contribution in [2.45, 2.75) is 33.3 Å². The Morgan fingerprint density at radius 1 is 1.39 bits per heavy atom. The van der Waals surface area contributed by atoms with E-state index in [1.165, 1.54) is 0 Å². The first-order valence-corrected chi connectivity index (χ1v) is 6.09. The fourth-order valence-electron chi connectivity index (χ4n) is 1.84. The van der Waals surface area contributed by atoms with Gasteiger partial charge in [-0.05, 0) is 42.7 Å². The van der Waals surface area contributed by atoms with Crippen LogP contribution >= 0.6 is 0 Å². The number of benzene rings is 1. The Balaban J connectivity index is 2.82. The lowest BCUT2D eigenvalue weighted by Crippen LogP contribution is -2.27. The van der Waals surface area contributed by atoms with Crippen LogP contribution in [0, 0.1) is 13.8 Å². The van der Waals surface area contributed by atoms with Crippen LogP contribution in [0.25, 0.3) is 0 Å². The molecule has 0 radical (unpaired) electrons. The Hall–Kier alpha value is -1.55. The molecule has 0 saturated carbocycles. The van der Waals surface area contributed by atoms with Crippen molar-refractivity contribution in [2.24, 2.45) is 0 Å². The number of carbonyl (C=O) groups excluding carboxylic acids is 1. The fraction of sp³-hybridized carbons (Fsp3) is 0.500. The number of methoxy groups -OCH3 is 1. The molecule has 0 aromatic heterocycles. The molecule has 1 aromatic rings. The van der Waals surface area contributed by atoms with Gasteiger partial charge in [0.15, 0.2) is 0 Å². The summed E-state index contributed by atoms with van der Waals surface area (Å²) in [6, 6.07) is 3.80. The molecular weight excluding hydrogens is 230 g/mol. The van der Waals surface area contributed by atoms with Gasteiger partial charge in [-0.3, -0.25) is 4.79 Å². The molecule has 1 amide bonds. The van der Waals surface area contributed by atoms with Crippen molar-refractivity contribution >= 4 is 5.91 Å². The highest BCUT2D eigenvalue weighted by atomic mass is 16.5. The lowest BCUT2D eigenvalue weighted by Gasteiger charge is -2.17. The standard InChI is InChI=1S/C14H21NO3/c1-5-14(17)15-8-12(16)11-6-10(3)13(18-4)7-9(11)2/h6-7,12,16H,5,8H2,1-4H3,(H,15,17). The molecule has 4 heteroatoms. The van der Waals surface area contributed by atoms with Crippen LogP contribution in [0.4, 0.5) is 0 Å². The third-order valence-electron chi connectivity index (χ3n) is 2.96. The number of aliphatic hydroxyl groups is 1. The Morgan fingerprint density at radius 3 is 2.61 bits per heavy atom. The summed E-state index contributed by atoms with van der Waals surface area (Å²) in [6.45, 7) is 5.87. The van der Waals surface area contributed by atoms with E-state index < -0.39 is 6.10 Å². The molecule has 2 N–H and O–H groups in total. The van der Waals surface area contributed by atoms with Crippen molar-refractivity contribution < 1.29 is 14.6 Å². The molecule has 1 atom stereocenters. The average molecular weight is 251 g/mol. The van der Waals surface area contributed by atoms with E-state index in [-0.39, 0.29) is 12.5 Å². The molecule has 1 rings (SSSR count). The van der Waals surface area contributed by atoms with Gasteiger partial charge in [0.2, 0.25) is 5.91 Å². The predicted molar refractivity (Wildman–Crippen MR) is 70.7 cm³/mol. The molecule has 0 saturated heterocycles. The van der Waals surface area contributed by atoms with Gasteiger partial charge in [0.05, 0.1) is 13.2 Å². The highest BCUT2D eigenvalue weighted by Gasteiger charge is 2.13. The molecule has 100 valence electrons. The lowest BCUT2D eigenvalue weighted by atomic mass is 10.00. The number of aliphatic hydroxyl groups excluding tert-OH is 1. The number of aryl methyl sites for hydroxylation is 2. The second-order valence-electron chi connectivity index (χ2n) is 4.35. The molecule has 4 nitrogen and oxygen atoms in total. The first kappa shape index (κ1) is 14.5. The van der Waals surface area contributed by atoms with Crippen LogP contribution in [0.3, 0.4) is 0 Å². The highest BCUT2D eigenvalue weighted by molar-refractivity contribution is 5.75. The first-order valence-electron chi connectivity index (χ1n) is 6.09. The van der Waals surface area contributed by atoms with Crippen molar-refractivity contribution in [1.29, 1.82) is 0 Å². The lowest BCUT2D eigenvalue weighted by molar-refractivity contribution is -0.121. The largest absolute Gasteiger partial charge is 0.496 e. The molecule has 1 unspecified atom stereocenters. The first-order chi connectivity index (χ1) is 8.49. The molecule has 0 bridgehead atoms. The second kappa shape index (κ2) is 6.40. The summed E-state index contributed by atoms with van der Waals surface area (Å²) in [4.78, 5) is 11.2. The third-order valence-corrected chi connectivity index (χ3v) is 2.96. The summed E-state index contributed by atoms with van der Waals surface area (Å²) >= 11 is 0. The van der Waals surface area contributed by atoms with Gasteiger partial charge >= 0.3 is 0 Å². The Labute approximate surface area is 108 Å². The van der Waals surface area contributed by atoms with Gasteiger partial charge in [-0.15, -0.1) is 0 Å². The van der Waals surface area contributed by atoms with E-state index in [0.29, 0.717) is 6.42 Å². The van der Waals surface area contributed by atoms with Gasteiger partial charge in [-0.2, -0.15) is 0 Å². The molecule has 0 heterocycles. The van der Waals surface area contributed by atoms with Gasteiger partial charge < -0.3 is 15.2 Å². The summed E-state index contributed by atoms with van der Waals surface area (Å²) < 4.78 is 5.22. The quantitative estimate of drug-likeness (QED) is 0.840. The topological polar surface area (TPSA) is 58.6 Å². The molecule has 0 aliphatic carbocycles. The smallest absolute Gasteiger partial charge is 0.219 e. The monoisotopic (exact) mass is 251 g/mol. The van der Waals surface area contributed by atoms with Crippen molar-refractivity contribution in [3.05, 3.63) is 28.8 Å². The number of hydrogen-bond acceptors (Lipinski definition) is 3. The summed E-state index contributed by atoms with van der Waals surface area (Å²) in [5.74, 6) is 0.748. The molecule has 0 fully saturated rings. The minimum Gasteiger partial charge on any atom is -0.496 e. The summed E-state index contributed by atoms with van der Waals surface area (Å²) in [7, 11) is 1.62. The van der Waals surface area contributed by atoms with Crippen molar-refractivity contribution in [3.63, 3.8) is 0 Å². The molecule has 0 aliphatic rings. The van der Waals surface area contributed by atoms with E-state index in [1.807, 2.05) is 26.0 Å².